The Hall–Kier alpha value is -0.730. The number of para-hydroxylation sites is 1. The van der Waals surface area contributed by atoms with Gasteiger partial charge in [-0.3, -0.25) is 0 Å². The molecule has 1 saturated carbocycles. The van der Waals surface area contributed by atoms with Gasteiger partial charge in [0.1, 0.15) is 0 Å². The average molecular weight is 267 g/mol. The van der Waals surface area contributed by atoms with Crippen LogP contribution in [-0.2, 0) is 0 Å². The smallest absolute Gasteiger partial charge is 0.0637 e. The maximum atomic E-state index is 6.18. The van der Waals surface area contributed by atoms with E-state index < -0.39 is 0 Å². The van der Waals surface area contributed by atoms with Gasteiger partial charge < -0.3 is 11.1 Å². The molecule has 2 nitrogen and oxygen atoms in total. The molecule has 3 N–H and O–H groups in total. The van der Waals surface area contributed by atoms with Crippen molar-refractivity contribution in [3.63, 3.8) is 0 Å². The molecule has 0 bridgehead atoms. The molecular weight excluding hydrogens is 244 g/mol. The van der Waals surface area contributed by atoms with E-state index in [0.717, 1.165) is 16.6 Å². The topological polar surface area (TPSA) is 38.0 Å². The number of anilines is 1. The third-order valence-corrected chi connectivity index (χ3v) is 4.43. The summed E-state index contributed by atoms with van der Waals surface area (Å²) < 4.78 is 0. The van der Waals surface area contributed by atoms with E-state index in [9.17, 15) is 0 Å². The number of hydrogen-bond donors (Lipinski definition) is 2. The Kier molecular flexibility index (Phi) is 4.90. The quantitative estimate of drug-likeness (QED) is 0.867. The number of nitrogens with one attached hydrogen (secondary N) is 1. The summed E-state index contributed by atoms with van der Waals surface area (Å²) in [7, 11) is 0. The van der Waals surface area contributed by atoms with Gasteiger partial charge in [-0.1, -0.05) is 43.5 Å². The Bertz CT molecular complexity index is 373. The Labute approximate surface area is 115 Å². The molecule has 1 unspecified atom stereocenters. The molecule has 3 heteroatoms. The SMILES string of the molecule is CC1CCC(C(CN)Nc2ccccc2Cl)CC1. The number of benzene rings is 1. The van der Waals surface area contributed by atoms with Gasteiger partial charge in [0.2, 0.25) is 0 Å². The minimum atomic E-state index is 0.345. The van der Waals surface area contributed by atoms with E-state index in [-0.39, 0.29) is 0 Å². The van der Waals surface area contributed by atoms with Crippen LogP contribution in [0.3, 0.4) is 0 Å². The second-order valence-electron chi connectivity index (χ2n) is 5.49. The van der Waals surface area contributed by atoms with Crippen LogP contribution in [0, 0.1) is 11.8 Å². The van der Waals surface area contributed by atoms with Crippen molar-refractivity contribution in [2.75, 3.05) is 11.9 Å². The highest BCUT2D eigenvalue weighted by Crippen LogP contribution is 2.32. The van der Waals surface area contributed by atoms with Crippen molar-refractivity contribution < 1.29 is 0 Å². The number of hydrogen-bond acceptors (Lipinski definition) is 2. The first-order chi connectivity index (χ1) is 8.70. The summed E-state index contributed by atoms with van der Waals surface area (Å²) in [5.41, 5.74) is 6.94. The van der Waals surface area contributed by atoms with Gasteiger partial charge in [0.15, 0.2) is 0 Å². The Morgan fingerprint density at radius 3 is 2.56 bits per heavy atom. The second kappa shape index (κ2) is 6.44. The fourth-order valence-corrected chi connectivity index (χ4v) is 3.03. The summed E-state index contributed by atoms with van der Waals surface area (Å²) in [5, 5.41) is 4.30. The zero-order valence-electron chi connectivity index (χ0n) is 11.0. The van der Waals surface area contributed by atoms with Gasteiger partial charge in [-0.25, -0.2) is 0 Å². The molecule has 1 fully saturated rings. The van der Waals surface area contributed by atoms with E-state index in [1.807, 2.05) is 24.3 Å². The van der Waals surface area contributed by atoms with Gasteiger partial charge in [0.25, 0.3) is 0 Å². The zero-order chi connectivity index (χ0) is 13.0. The molecule has 18 heavy (non-hydrogen) atoms. The van der Waals surface area contributed by atoms with Crippen LogP contribution in [-0.4, -0.2) is 12.6 Å². The zero-order valence-corrected chi connectivity index (χ0v) is 11.8. The van der Waals surface area contributed by atoms with Crippen LogP contribution < -0.4 is 11.1 Å². The molecule has 2 rings (SSSR count). The Morgan fingerprint density at radius 2 is 1.94 bits per heavy atom. The highest BCUT2D eigenvalue weighted by molar-refractivity contribution is 6.33. The average Bonchev–Trinajstić information content (AvgIpc) is 2.39. The Morgan fingerprint density at radius 1 is 1.28 bits per heavy atom. The first-order valence-corrected chi connectivity index (χ1v) is 7.29. The van der Waals surface area contributed by atoms with Crippen molar-refractivity contribution in [1.29, 1.82) is 0 Å². The van der Waals surface area contributed by atoms with E-state index in [1.165, 1.54) is 25.7 Å². The molecule has 0 radical (unpaired) electrons. The number of nitrogens with two attached hydrogens (primary N) is 1. The predicted octanol–water partition coefficient (Wildman–Crippen LogP) is 3.91. The summed E-state index contributed by atoms with van der Waals surface area (Å²) in [4.78, 5) is 0. The lowest BCUT2D eigenvalue weighted by molar-refractivity contribution is 0.265. The standard InChI is InChI=1S/C15H23ClN2/c1-11-6-8-12(9-7-11)15(10-17)18-14-5-3-2-4-13(14)16/h2-5,11-12,15,18H,6-10,17H2,1H3. The number of rotatable bonds is 4. The molecule has 1 atom stereocenters. The highest BCUT2D eigenvalue weighted by atomic mass is 35.5. The lowest BCUT2D eigenvalue weighted by Gasteiger charge is -2.33. The molecule has 100 valence electrons. The maximum Gasteiger partial charge on any atom is 0.0637 e. The fourth-order valence-electron chi connectivity index (χ4n) is 2.84. The van der Waals surface area contributed by atoms with Crippen LogP contribution in [0.5, 0.6) is 0 Å². The van der Waals surface area contributed by atoms with Gasteiger partial charge in [-0.05, 0) is 36.8 Å². The van der Waals surface area contributed by atoms with Crippen molar-refractivity contribution in [3.8, 4) is 0 Å². The molecule has 1 aromatic carbocycles. The van der Waals surface area contributed by atoms with Crippen LogP contribution in [0.4, 0.5) is 5.69 Å². The molecule has 1 aliphatic carbocycles. The van der Waals surface area contributed by atoms with Gasteiger partial charge in [0, 0.05) is 12.6 Å². The first-order valence-electron chi connectivity index (χ1n) is 6.92. The molecule has 1 aliphatic rings. The van der Waals surface area contributed by atoms with E-state index in [2.05, 4.69) is 12.2 Å². The Balaban J connectivity index is 1.99. The maximum absolute atomic E-state index is 6.18. The van der Waals surface area contributed by atoms with Gasteiger partial charge in [-0.2, -0.15) is 0 Å². The summed E-state index contributed by atoms with van der Waals surface area (Å²) in [5.74, 6) is 1.56. The van der Waals surface area contributed by atoms with Crippen molar-refractivity contribution >= 4 is 17.3 Å². The fraction of sp³-hybridized carbons (Fsp3) is 0.600. The normalized spacial score (nSPS) is 25.7. The van der Waals surface area contributed by atoms with E-state index >= 15 is 0 Å². The van der Waals surface area contributed by atoms with Crippen LogP contribution in [0.25, 0.3) is 0 Å². The van der Waals surface area contributed by atoms with Gasteiger partial charge >= 0.3 is 0 Å². The van der Waals surface area contributed by atoms with E-state index in [1.54, 1.807) is 0 Å². The summed E-state index contributed by atoms with van der Waals surface area (Å²) >= 11 is 6.18. The van der Waals surface area contributed by atoms with E-state index in [0.29, 0.717) is 18.5 Å². The molecule has 0 spiro atoms. The molecule has 0 aromatic heterocycles. The number of halogens is 1. The minimum Gasteiger partial charge on any atom is -0.380 e. The van der Waals surface area contributed by atoms with Crippen molar-refractivity contribution in [1.82, 2.24) is 0 Å². The third-order valence-electron chi connectivity index (χ3n) is 4.10. The predicted molar refractivity (Wildman–Crippen MR) is 79.0 cm³/mol. The first kappa shape index (κ1) is 13.7. The molecular formula is C15H23ClN2. The molecule has 0 aliphatic heterocycles. The lowest BCUT2D eigenvalue weighted by Crippen LogP contribution is -2.38. The largest absolute Gasteiger partial charge is 0.380 e. The molecule has 0 saturated heterocycles. The van der Waals surface area contributed by atoms with Crippen LogP contribution in [0.15, 0.2) is 24.3 Å². The van der Waals surface area contributed by atoms with Crippen molar-refractivity contribution in [2.45, 2.75) is 38.6 Å². The lowest BCUT2D eigenvalue weighted by atomic mass is 9.79. The van der Waals surface area contributed by atoms with Crippen molar-refractivity contribution in [3.05, 3.63) is 29.3 Å². The summed E-state index contributed by atoms with van der Waals surface area (Å²) in [6.45, 7) is 3.01. The highest BCUT2D eigenvalue weighted by Gasteiger charge is 2.25. The summed E-state index contributed by atoms with van der Waals surface area (Å²) in [6, 6.07) is 8.24. The second-order valence-corrected chi connectivity index (χ2v) is 5.89. The van der Waals surface area contributed by atoms with Gasteiger partial charge in [-0.15, -0.1) is 0 Å². The summed E-state index contributed by atoms with van der Waals surface area (Å²) in [6.07, 6.45) is 5.21. The van der Waals surface area contributed by atoms with Gasteiger partial charge in [0.05, 0.1) is 10.7 Å². The molecule has 1 aromatic rings. The van der Waals surface area contributed by atoms with Crippen LogP contribution in [0.1, 0.15) is 32.6 Å². The minimum absolute atomic E-state index is 0.345. The van der Waals surface area contributed by atoms with Crippen LogP contribution >= 0.6 is 11.6 Å². The van der Waals surface area contributed by atoms with Crippen molar-refractivity contribution in [2.24, 2.45) is 17.6 Å². The monoisotopic (exact) mass is 266 g/mol. The third kappa shape index (κ3) is 3.39. The van der Waals surface area contributed by atoms with E-state index in [4.69, 9.17) is 17.3 Å². The van der Waals surface area contributed by atoms with Crippen LogP contribution in [0.2, 0.25) is 5.02 Å². The molecule has 0 amide bonds. The molecule has 0 heterocycles.